The summed E-state index contributed by atoms with van der Waals surface area (Å²) < 4.78 is 5.29. The summed E-state index contributed by atoms with van der Waals surface area (Å²) in [6.07, 6.45) is 5.35. The third-order valence-electron chi connectivity index (χ3n) is 5.30. The van der Waals surface area contributed by atoms with Crippen molar-refractivity contribution in [2.24, 2.45) is 17.8 Å². The van der Waals surface area contributed by atoms with E-state index in [-0.39, 0.29) is 11.9 Å². The first-order valence-electron chi connectivity index (χ1n) is 8.02. The minimum atomic E-state index is -0.123. The van der Waals surface area contributed by atoms with Gasteiger partial charge in [-0.3, -0.25) is 4.79 Å². The normalized spacial score (nSPS) is 28.0. The van der Waals surface area contributed by atoms with Gasteiger partial charge in [0.25, 0.3) is 5.91 Å². The minimum absolute atomic E-state index is 0.123. The van der Waals surface area contributed by atoms with E-state index in [1.54, 1.807) is 17.4 Å². The van der Waals surface area contributed by atoms with E-state index in [1.807, 2.05) is 17.5 Å². The first kappa shape index (κ1) is 14.0. The molecule has 2 aromatic heterocycles. The minimum Gasteiger partial charge on any atom is -0.355 e. The fraction of sp³-hybridized carbons (Fsp3) is 0.529. The van der Waals surface area contributed by atoms with E-state index in [0.717, 1.165) is 16.7 Å². The molecule has 5 heteroatoms. The van der Waals surface area contributed by atoms with Crippen molar-refractivity contribution >= 4 is 17.2 Å². The summed E-state index contributed by atoms with van der Waals surface area (Å²) in [5.74, 6) is 2.87. The summed E-state index contributed by atoms with van der Waals surface area (Å²) in [5, 5.41) is 9.02. The fourth-order valence-corrected chi connectivity index (χ4v) is 4.88. The molecule has 1 amide bonds. The summed E-state index contributed by atoms with van der Waals surface area (Å²) >= 11 is 1.58. The Morgan fingerprint density at radius 3 is 3.05 bits per heavy atom. The topological polar surface area (TPSA) is 55.1 Å². The molecule has 4 nitrogen and oxygen atoms in total. The van der Waals surface area contributed by atoms with Gasteiger partial charge in [0.15, 0.2) is 11.5 Å². The van der Waals surface area contributed by atoms with Gasteiger partial charge < -0.3 is 9.84 Å². The molecule has 0 aliphatic heterocycles. The Bertz CT molecular complexity index is 664. The molecule has 2 aliphatic carbocycles. The second-order valence-electron chi connectivity index (χ2n) is 6.65. The monoisotopic (exact) mass is 316 g/mol. The molecular formula is C17H20N2O2S. The summed E-state index contributed by atoms with van der Waals surface area (Å²) in [7, 11) is 0. The Labute approximate surface area is 133 Å². The quantitative estimate of drug-likeness (QED) is 0.929. The molecule has 4 rings (SSSR count). The predicted molar refractivity (Wildman–Crippen MR) is 85.7 cm³/mol. The van der Waals surface area contributed by atoms with Gasteiger partial charge in [-0.05, 0) is 55.4 Å². The van der Waals surface area contributed by atoms with Crippen molar-refractivity contribution in [2.75, 3.05) is 0 Å². The highest BCUT2D eigenvalue weighted by Crippen LogP contribution is 2.49. The number of nitrogens with zero attached hydrogens (tertiary/aromatic N) is 1. The first-order valence-corrected chi connectivity index (χ1v) is 8.90. The van der Waals surface area contributed by atoms with Gasteiger partial charge in [-0.1, -0.05) is 17.6 Å². The maximum atomic E-state index is 12.4. The van der Waals surface area contributed by atoms with Gasteiger partial charge in [-0.25, -0.2) is 0 Å². The summed E-state index contributed by atoms with van der Waals surface area (Å²) in [5.41, 5.74) is 0.374. The highest BCUT2D eigenvalue weighted by molar-refractivity contribution is 7.13. The van der Waals surface area contributed by atoms with E-state index in [1.165, 1.54) is 25.7 Å². The van der Waals surface area contributed by atoms with Gasteiger partial charge in [0.2, 0.25) is 0 Å². The highest BCUT2D eigenvalue weighted by Gasteiger charge is 2.42. The number of hydrogen-bond acceptors (Lipinski definition) is 4. The van der Waals surface area contributed by atoms with Gasteiger partial charge in [0, 0.05) is 12.1 Å². The number of nitrogens with one attached hydrogen (secondary N) is 1. The van der Waals surface area contributed by atoms with Crippen molar-refractivity contribution in [3.8, 4) is 10.6 Å². The van der Waals surface area contributed by atoms with Crippen LogP contribution in [0.5, 0.6) is 0 Å². The third kappa shape index (κ3) is 2.47. The molecule has 0 aromatic carbocycles. The van der Waals surface area contributed by atoms with Crippen LogP contribution in [-0.2, 0) is 0 Å². The SMILES string of the molecule is C[C@H](NC(=O)c1cc(-c2cccs2)on1)[C@@H]1C[C@H]2CC[C@H]1C2. The lowest BCUT2D eigenvalue weighted by atomic mass is 9.84. The zero-order valence-electron chi connectivity index (χ0n) is 12.6. The third-order valence-corrected chi connectivity index (χ3v) is 6.19. The number of carbonyl (C=O) groups is 1. The molecule has 22 heavy (non-hydrogen) atoms. The van der Waals surface area contributed by atoms with E-state index >= 15 is 0 Å². The van der Waals surface area contributed by atoms with E-state index in [2.05, 4.69) is 17.4 Å². The molecule has 116 valence electrons. The van der Waals surface area contributed by atoms with E-state index < -0.39 is 0 Å². The average Bonchev–Trinajstić information content (AvgIpc) is 3.29. The number of thiophene rings is 1. The van der Waals surface area contributed by atoms with Gasteiger partial charge in [0.05, 0.1) is 4.88 Å². The van der Waals surface area contributed by atoms with Crippen molar-refractivity contribution < 1.29 is 9.32 Å². The number of aromatic nitrogens is 1. The number of hydrogen-bond donors (Lipinski definition) is 1. The molecule has 4 atom stereocenters. The first-order chi connectivity index (χ1) is 10.7. The van der Waals surface area contributed by atoms with E-state index in [4.69, 9.17) is 4.52 Å². The maximum absolute atomic E-state index is 12.4. The Morgan fingerprint density at radius 1 is 1.45 bits per heavy atom. The number of fused-ring (bicyclic) bond motifs is 2. The van der Waals surface area contributed by atoms with Crippen LogP contribution >= 0.6 is 11.3 Å². The number of amides is 1. The molecule has 2 heterocycles. The smallest absolute Gasteiger partial charge is 0.273 e. The Balaban J connectivity index is 1.42. The van der Waals surface area contributed by atoms with Crippen LogP contribution in [0.25, 0.3) is 10.6 Å². The van der Waals surface area contributed by atoms with Crippen molar-refractivity contribution in [3.05, 3.63) is 29.3 Å². The molecule has 2 aromatic rings. The molecule has 0 spiro atoms. The van der Waals surface area contributed by atoms with E-state index in [9.17, 15) is 4.79 Å². The molecule has 0 unspecified atom stereocenters. The molecule has 2 aliphatic rings. The zero-order valence-corrected chi connectivity index (χ0v) is 13.4. The molecule has 2 saturated carbocycles. The largest absolute Gasteiger partial charge is 0.355 e. The molecule has 1 N–H and O–H groups in total. The second kappa shape index (κ2) is 5.54. The van der Waals surface area contributed by atoms with Gasteiger partial charge in [-0.15, -0.1) is 11.3 Å². The standard InChI is InChI=1S/C17H20N2O2S/c1-10(13-8-11-4-5-12(13)7-11)18-17(20)14-9-15(21-19-14)16-3-2-6-22-16/h2-3,6,9-13H,4-5,7-8H2,1H3,(H,18,20)/t10-,11-,12-,13-/m0/s1. The van der Waals surface area contributed by atoms with Crippen LogP contribution in [0.4, 0.5) is 0 Å². The number of carbonyl (C=O) groups excluding carboxylic acids is 1. The van der Waals surface area contributed by atoms with E-state index in [0.29, 0.717) is 17.4 Å². The van der Waals surface area contributed by atoms with Crippen LogP contribution in [0.15, 0.2) is 28.1 Å². The van der Waals surface area contributed by atoms with Crippen molar-refractivity contribution in [3.63, 3.8) is 0 Å². The van der Waals surface area contributed by atoms with Crippen molar-refractivity contribution in [2.45, 2.75) is 38.6 Å². The summed E-state index contributed by atoms with van der Waals surface area (Å²) in [6, 6.07) is 5.86. The molecule has 0 saturated heterocycles. The zero-order chi connectivity index (χ0) is 15.1. The van der Waals surface area contributed by atoms with Gasteiger partial charge in [-0.2, -0.15) is 0 Å². The number of rotatable bonds is 4. The lowest BCUT2D eigenvalue weighted by Crippen LogP contribution is -2.40. The second-order valence-corrected chi connectivity index (χ2v) is 7.60. The highest BCUT2D eigenvalue weighted by atomic mass is 32.1. The molecule has 2 fully saturated rings. The molecular weight excluding hydrogens is 296 g/mol. The predicted octanol–water partition coefficient (Wildman–Crippen LogP) is 3.96. The van der Waals surface area contributed by atoms with Crippen LogP contribution in [0.2, 0.25) is 0 Å². The Morgan fingerprint density at radius 2 is 2.36 bits per heavy atom. The van der Waals surface area contributed by atoms with Crippen molar-refractivity contribution in [1.82, 2.24) is 10.5 Å². The van der Waals surface area contributed by atoms with Gasteiger partial charge >= 0.3 is 0 Å². The van der Waals surface area contributed by atoms with Crippen LogP contribution in [0, 0.1) is 17.8 Å². The van der Waals surface area contributed by atoms with Crippen LogP contribution < -0.4 is 5.32 Å². The maximum Gasteiger partial charge on any atom is 0.273 e. The summed E-state index contributed by atoms with van der Waals surface area (Å²) in [4.78, 5) is 13.4. The average molecular weight is 316 g/mol. The lowest BCUT2D eigenvalue weighted by molar-refractivity contribution is 0.0906. The Kier molecular flexibility index (Phi) is 3.53. The Hall–Kier alpha value is -1.62. The summed E-state index contributed by atoms with van der Waals surface area (Å²) in [6.45, 7) is 2.13. The van der Waals surface area contributed by atoms with Crippen LogP contribution in [-0.4, -0.2) is 17.1 Å². The molecule has 2 bridgehead atoms. The lowest BCUT2D eigenvalue weighted by Gasteiger charge is -2.28. The van der Waals surface area contributed by atoms with Crippen LogP contribution in [0.1, 0.15) is 43.1 Å². The van der Waals surface area contributed by atoms with Crippen LogP contribution in [0.3, 0.4) is 0 Å². The molecule has 0 radical (unpaired) electrons. The van der Waals surface area contributed by atoms with Gasteiger partial charge in [0.1, 0.15) is 0 Å². The van der Waals surface area contributed by atoms with Crippen molar-refractivity contribution in [1.29, 1.82) is 0 Å². The fourth-order valence-electron chi connectivity index (χ4n) is 4.21.